The maximum Gasteiger partial charge on any atom is 0.243 e. The van der Waals surface area contributed by atoms with E-state index in [1.165, 1.54) is 4.31 Å². The van der Waals surface area contributed by atoms with Gasteiger partial charge in [-0.1, -0.05) is 31.8 Å². The molecule has 0 saturated heterocycles. The van der Waals surface area contributed by atoms with E-state index in [0.717, 1.165) is 6.42 Å². The van der Waals surface area contributed by atoms with Crippen LogP contribution < -0.4 is 0 Å². The Balaban J connectivity index is 3.14. The first-order chi connectivity index (χ1) is 9.97. The van der Waals surface area contributed by atoms with Crippen molar-refractivity contribution in [2.45, 2.75) is 44.6 Å². The lowest BCUT2D eigenvalue weighted by Crippen LogP contribution is -2.38. The molecule has 0 radical (unpaired) electrons. The highest BCUT2D eigenvalue weighted by Crippen LogP contribution is 2.20. The summed E-state index contributed by atoms with van der Waals surface area (Å²) in [5.74, 6) is 5.66. The Kier molecular flexibility index (Phi) is 6.90. The van der Waals surface area contributed by atoms with E-state index in [9.17, 15) is 8.42 Å². The van der Waals surface area contributed by atoms with Crippen LogP contribution in [-0.4, -0.2) is 37.0 Å². The highest BCUT2D eigenvalue weighted by Gasteiger charge is 2.26. The average molecular weight is 309 g/mol. The summed E-state index contributed by atoms with van der Waals surface area (Å²) in [6, 6.07) is 6.61. The first-order valence-electron chi connectivity index (χ1n) is 7.19. The van der Waals surface area contributed by atoms with Crippen LogP contribution in [0.15, 0.2) is 29.2 Å². The van der Waals surface area contributed by atoms with Crippen LogP contribution in [0.4, 0.5) is 0 Å². The third-order valence-electron chi connectivity index (χ3n) is 3.30. The SMILES string of the molecule is CCC(C)N(CC)S(=O)(=O)c1cccc(C#CCCO)c1. The predicted molar refractivity (Wildman–Crippen MR) is 84.3 cm³/mol. The van der Waals surface area contributed by atoms with Gasteiger partial charge in [-0.15, -0.1) is 0 Å². The molecule has 0 spiro atoms. The minimum Gasteiger partial charge on any atom is -0.395 e. The van der Waals surface area contributed by atoms with Crippen LogP contribution in [0.2, 0.25) is 0 Å². The summed E-state index contributed by atoms with van der Waals surface area (Å²) in [5.41, 5.74) is 0.643. The maximum atomic E-state index is 12.7. The Bertz CT molecular complexity index is 614. The van der Waals surface area contributed by atoms with Gasteiger partial charge in [-0.2, -0.15) is 4.31 Å². The smallest absolute Gasteiger partial charge is 0.243 e. The molecule has 4 nitrogen and oxygen atoms in total. The molecule has 0 aliphatic heterocycles. The van der Waals surface area contributed by atoms with Crippen molar-refractivity contribution in [3.8, 4) is 11.8 Å². The molecule has 1 unspecified atom stereocenters. The highest BCUT2D eigenvalue weighted by atomic mass is 32.2. The number of sulfonamides is 1. The van der Waals surface area contributed by atoms with E-state index in [1.807, 2.05) is 20.8 Å². The second-order valence-electron chi connectivity index (χ2n) is 4.77. The summed E-state index contributed by atoms with van der Waals surface area (Å²) >= 11 is 0. The van der Waals surface area contributed by atoms with E-state index < -0.39 is 10.0 Å². The lowest BCUT2D eigenvalue weighted by Gasteiger charge is -2.26. The average Bonchev–Trinajstić information content (AvgIpc) is 2.48. The number of benzene rings is 1. The molecule has 0 amide bonds. The van der Waals surface area contributed by atoms with Gasteiger partial charge in [0.2, 0.25) is 10.0 Å². The Hall–Kier alpha value is -1.35. The number of hydrogen-bond donors (Lipinski definition) is 1. The van der Waals surface area contributed by atoms with E-state index in [1.54, 1.807) is 24.3 Å². The molecule has 0 aliphatic carbocycles. The van der Waals surface area contributed by atoms with Crippen LogP contribution >= 0.6 is 0 Å². The summed E-state index contributed by atoms with van der Waals surface area (Å²) in [4.78, 5) is 0.264. The maximum absolute atomic E-state index is 12.7. The molecule has 0 heterocycles. The van der Waals surface area contributed by atoms with E-state index in [2.05, 4.69) is 11.8 Å². The minimum absolute atomic E-state index is 0.00260. The van der Waals surface area contributed by atoms with Crippen molar-refractivity contribution < 1.29 is 13.5 Å². The van der Waals surface area contributed by atoms with Gasteiger partial charge in [-0.3, -0.25) is 0 Å². The molecule has 5 heteroatoms. The zero-order valence-corrected chi connectivity index (χ0v) is 13.7. The summed E-state index contributed by atoms with van der Waals surface area (Å²) < 4.78 is 26.9. The van der Waals surface area contributed by atoms with Gasteiger partial charge < -0.3 is 5.11 Å². The monoisotopic (exact) mass is 309 g/mol. The minimum atomic E-state index is -3.50. The molecule has 21 heavy (non-hydrogen) atoms. The van der Waals surface area contributed by atoms with Gasteiger partial charge >= 0.3 is 0 Å². The second kappa shape index (κ2) is 8.18. The van der Waals surface area contributed by atoms with Crippen LogP contribution in [0.5, 0.6) is 0 Å². The standard InChI is InChI=1S/C16H23NO3S/c1-4-14(3)17(5-2)21(19,20)16-11-8-10-15(13-16)9-6-7-12-18/h8,10-11,13-14,18H,4-5,7,12H2,1-3H3. The van der Waals surface area contributed by atoms with Crippen LogP contribution in [-0.2, 0) is 10.0 Å². The topological polar surface area (TPSA) is 57.6 Å². The van der Waals surface area contributed by atoms with E-state index in [4.69, 9.17) is 5.11 Å². The van der Waals surface area contributed by atoms with Crippen molar-refractivity contribution in [3.05, 3.63) is 29.8 Å². The first-order valence-corrected chi connectivity index (χ1v) is 8.63. The van der Waals surface area contributed by atoms with Gasteiger partial charge in [0, 0.05) is 24.6 Å². The number of aliphatic hydroxyl groups excluding tert-OH is 1. The molecule has 1 N–H and O–H groups in total. The van der Waals surface area contributed by atoms with Crippen LogP contribution in [0.3, 0.4) is 0 Å². The fourth-order valence-electron chi connectivity index (χ4n) is 2.01. The van der Waals surface area contributed by atoms with Gasteiger partial charge in [0.25, 0.3) is 0 Å². The molecule has 0 aliphatic rings. The molecule has 1 atom stereocenters. The number of nitrogens with zero attached hydrogens (tertiary/aromatic N) is 1. The Morgan fingerprint density at radius 3 is 2.62 bits per heavy atom. The van der Waals surface area contributed by atoms with Crippen molar-refractivity contribution in [1.82, 2.24) is 4.31 Å². The first kappa shape index (κ1) is 17.7. The Morgan fingerprint density at radius 1 is 1.33 bits per heavy atom. The van der Waals surface area contributed by atoms with Gasteiger partial charge in [0.15, 0.2) is 0 Å². The molecule has 0 saturated carbocycles. The Morgan fingerprint density at radius 2 is 2.05 bits per heavy atom. The zero-order chi connectivity index (χ0) is 15.9. The normalized spacial score (nSPS) is 12.8. The summed E-state index contributed by atoms with van der Waals surface area (Å²) in [6.45, 7) is 6.17. The fraction of sp³-hybridized carbons (Fsp3) is 0.500. The third-order valence-corrected chi connectivity index (χ3v) is 5.39. The summed E-state index contributed by atoms with van der Waals surface area (Å²) in [6.07, 6.45) is 1.15. The van der Waals surface area contributed by atoms with Gasteiger partial charge in [-0.05, 0) is 31.5 Å². The number of aliphatic hydroxyl groups is 1. The van der Waals surface area contributed by atoms with Crippen molar-refractivity contribution >= 4 is 10.0 Å². The van der Waals surface area contributed by atoms with E-state index in [0.29, 0.717) is 18.5 Å². The highest BCUT2D eigenvalue weighted by molar-refractivity contribution is 7.89. The summed E-state index contributed by atoms with van der Waals surface area (Å²) in [7, 11) is -3.50. The molecule has 1 aromatic rings. The largest absolute Gasteiger partial charge is 0.395 e. The molecule has 0 fully saturated rings. The van der Waals surface area contributed by atoms with Crippen LogP contribution in [0.25, 0.3) is 0 Å². The third kappa shape index (κ3) is 4.57. The second-order valence-corrected chi connectivity index (χ2v) is 6.66. The number of hydrogen-bond acceptors (Lipinski definition) is 3. The molecule has 0 bridgehead atoms. The van der Waals surface area contributed by atoms with Crippen molar-refractivity contribution in [3.63, 3.8) is 0 Å². The molecular formula is C16H23NO3S. The van der Waals surface area contributed by atoms with Crippen LogP contribution in [0, 0.1) is 11.8 Å². The van der Waals surface area contributed by atoms with E-state index in [-0.39, 0.29) is 17.5 Å². The predicted octanol–water partition coefficient (Wildman–Crippen LogP) is 2.23. The van der Waals surface area contributed by atoms with E-state index >= 15 is 0 Å². The quantitative estimate of drug-likeness (QED) is 0.820. The van der Waals surface area contributed by atoms with Gasteiger partial charge in [-0.25, -0.2) is 8.42 Å². The molecule has 0 aromatic heterocycles. The Labute approximate surface area is 127 Å². The van der Waals surface area contributed by atoms with Crippen molar-refractivity contribution in [2.24, 2.45) is 0 Å². The lowest BCUT2D eigenvalue weighted by molar-refractivity contribution is 0.305. The van der Waals surface area contributed by atoms with Crippen molar-refractivity contribution in [1.29, 1.82) is 0 Å². The fourth-order valence-corrected chi connectivity index (χ4v) is 3.77. The molecule has 1 rings (SSSR count). The molecular weight excluding hydrogens is 286 g/mol. The lowest BCUT2D eigenvalue weighted by atomic mass is 10.2. The van der Waals surface area contributed by atoms with Crippen molar-refractivity contribution in [2.75, 3.05) is 13.2 Å². The van der Waals surface area contributed by atoms with Crippen LogP contribution in [0.1, 0.15) is 39.2 Å². The zero-order valence-electron chi connectivity index (χ0n) is 12.8. The number of rotatable bonds is 6. The van der Waals surface area contributed by atoms with Gasteiger partial charge in [0.05, 0.1) is 11.5 Å². The molecule has 1 aromatic carbocycles. The summed E-state index contributed by atoms with van der Waals surface area (Å²) in [5, 5.41) is 8.72. The molecule has 116 valence electrons. The van der Waals surface area contributed by atoms with Gasteiger partial charge in [0.1, 0.15) is 0 Å².